The SMILES string of the molecule is Cc1cc(CC#N)ccc1OC1CCNCC1. The Morgan fingerprint density at radius 1 is 1.41 bits per heavy atom. The second kappa shape index (κ2) is 5.70. The summed E-state index contributed by atoms with van der Waals surface area (Å²) in [5.74, 6) is 0.957. The average Bonchev–Trinajstić information content (AvgIpc) is 2.34. The highest BCUT2D eigenvalue weighted by molar-refractivity contribution is 5.37. The zero-order chi connectivity index (χ0) is 12.1. The van der Waals surface area contributed by atoms with E-state index in [2.05, 4.69) is 11.4 Å². The molecule has 1 aromatic rings. The van der Waals surface area contributed by atoms with Gasteiger partial charge in [-0.05, 0) is 50.0 Å². The van der Waals surface area contributed by atoms with Crippen LogP contribution in [0.3, 0.4) is 0 Å². The fraction of sp³-hybridized carbons (Fsp3) is 0.500. The van der Waals surface area contributed by atoms with Gasteiger partial charge >= 0.3 is 0 Å². The molecule has 1 aromatic carbocycles. The largest absolute Gasteiger partial charge is 0.490 e. The first-order valence-corrected chi connectivity index (χ1v) is 6.13. The van der Waals surface area contributed by atoms with Gasteiger partial charge in [-0.2, -0.15) is 5.26 Å². The van der Waals surface area contributed by atoms with Gasteiger partial charge < -0.3 is 10.1 Å². The van der Waals surface area contributed by atoms with Crippen molar-refractivity contribution in [2.24, 2.45) is 0 Å². The maximum Gasteiger partial charge on any atom is 0.122 e. The van der Waals surface area contributed by atoms with Crippen LogP contribution in [0, 0.1) is 18.3 Å². The minimum absolute atomic E-state index is 0.330. The molecule has 0 atom stereocenters. The number of benzene rings is 1. The Balaban J connectivity index is 2.03. The smallest absolute Gasteiger partial charge is 0.122 e. The van der Waals surface area contributed by atoms with Gasteiger partial charge in [0, 0.05) is 0 Å². The molecule has 3 heteroatoms. The fourth-order valence-corrected chi connectivity index (χ4v) is 2.14. The van der Waals surface area contributed by atoms with Crippen molar-refractivity contribution in [2.75, 3.05) is 13.1 Å². The summed E-state index contributed by atoms with van der Waals surface area (Å²) in [5.41, 5.74) is 2.18. The van der Waals surface area contributed by atoms with Crippen LogP contribution in [0.1, 0.15) is 24.0 Å². The normalized spacial score (nSPS) is 16.5. The molecule has 0 aliphatic carbocycles. The molecule has 3 nitrogen and oxygen atoms in total. The predicted octanol–water partition coefficient (Wildman–Crippen LogP) is 2.19. The van der Waals surface area contributed by atoms with Crippen molar-refractivity contribution in [1.29, 1.82) is 5.26 Å². The van der Waals surface area contributed by atoms with Gasteiger partial charge in [-0.3, -0.25) is 0 Å². The van der Waals surface area contributed by atoms with E-state index < -0.39 is 0 Å². The summed E-state index contributed by atoms with van der Waals surface area (Å²) in [5, 5.41) is 12.0. The Morgan fingerprint density at radius 3 is 2.82 bits per heavy atom. The van der Waals surface area contributed by atoms with Crippen LogP contribution in [0.15, 0.2) is 18.2 Å². The van der Waals surface area contributed by atoms with E-state index in [1.807, 2.05) is 25.1 Å². The third-order valence-electron chi connectivity index (χ3n) is 3.10. The zero-order valence-electron chi connectivity index (χ0n) is 10.2. The van der Waals surface area contributed by atoms with Crippen LogP contribution >= 0.6 is 0 Å². The van der Waals surface area contributed by atoms with Crippen LogP contribution in [0.2, 0.25) is 0 Å². The van der Waals surface area contributed by atoms with E-state index in [4.69, 9.17) is 10.00 Å². The van der Waals surface area contributed by atoms with Gasteiger partial charge in [-0.1, -0.05) is 12.1 Å². The maximum absolute atomic E-state index is 8.65. The van der Waals surface area contributed by atoms with E-state index >= 15 is 0 Å². The molecular formula is C14H18N2O. The predicted molar refractivity (Wildman–Crippen MR) is 67.0 cm³/mol. The van der Waals surface area contributed by atoms with E-state index in [9.17, 15) is 0 Å². The molecule has 1 aliphatic rings. The summed E-state index contributed by atoms with van der Waals surface area (Å²) in [7, 11) is 0. The Bertz CT molecular complexity index is 417. The fourth-order valence-electron chi connectivity index (χ4n) is 2.14. The highest BCUT2D eigenvalue weighted by Gasteiger charge is 2.15. The summed E-state index contributed by atoms with van der Waals surface area (Å²) in [6, 6.07) is 8.17. The van der Waals surface area contributed by atoms with Gasteiger partial charge in [0.05, 0.1) is 12.5 Å². The number of piperidine rings is 1. The molecule has 0 bridgehead atoms. The Kier molecular flexibility index (Phi) is 4.00. The van der Waals surface area contributed by atoms with E-state index in [0.29, 0.717) is 12.5 Å². The Morgan fingerprint density at radius 2 is 2.18 bits per heavy atom. The molecule has 1 saturated heterocycles. The lowest BCUT2D eigenvalue weighted by Crippen LogP contribution is -2.34. The van der Waals surface area contributed by atoms with E-state index in [-0.39, 0.29) is 0 Å². The summed E-state index contributed by atoms with van der Waals surface area (Å²) in [6.45, 7) is 4.11. The number of nitrogens with zero attached hydrogens (tertiary/aromatic N) is 1. The van der Waals surface area contributed by atoms with Crippen LogP contribution in [-0.2, 0) is 6.42 Å². The molecule has 0 unspecified atom stereocenters. The van der Waals surface area contributed by atoms with Gasteiger partial charge in [-0.15, -0.1) is 0 Å². The Labute approximate surface area is 102 Å². The lowest BCUT2D eigenvalue weighted by atomic mass is 10.1. The molecule has 2 rings (SSSR count). The van der Waals surface area contributed by atoms with Crippen LogP contribution in [0.4, 0.5) is 0 Å². The minimum atomic E-state index is 0.330. The minimum Gasteiger partial charge on any atom is -0.490 e. The topological polar surface area (TPSA) is 45.0 Å². The Hall–Kier alpha value is -1.53. The van der Waals surface area contributed by atoms with Crippen molar-refractivity contribution < 1.29 is 4.74 Å². The van der Waals surface area contributed by atoms with Crippen molar-refractivity contribution in [3.05, 3.63) is 29.3 Å². The molecule has 17 heavy (non-hydrogen) atoms. The van der Waals surface area contributed by atoms with E-state index in [1.54, 1.807) is 0 Å². The molecule has 0 amide bonds. The summed E-state index contributed by atoms with van der Waals surface area (Å²) < 4.78 is 6.00. The van der Waals surface area contributed by atoms with Crippen molar-refractivity contribution in [2.45, 2.75) is 32.3 Å². The number of hydrogen-bond acceptors (Lipinski definition) is 3. The summed E-state index contributed by atoms with van der Waals surface area (Å²) in [6.07, 6.45) is 2.93. The molecule has 0 aromatic heterocycles. The lowest BCUT2D eigenvalue weighted by molar-refractivity contribution is 0.161. The molecule has 1 N–H and O–H groups in total. The van der Waals surface area contributed by atoms with Crippen molar-refractivity contribution in [3.8, 4) is 11.8 Å². The van der Waals surface area contributed by atoms with Crippen LogP contribution in [0.25, 0.3) is 0 Å². The molecule has 90 valence electrons. The number of rotatable bonds is 3. The summed E-state index contributed by atoms with van der Waals surface area (Å²) in [4.78, 5) is 0. The number of nitrogens with one attached hydrogen (secondary N) is 1. The highest BCUT2D eigenvalue weighted by atomic mass is 16.5. The first-order valence-electron chi connectivity index (χ1n) is 6.13. The highest BCUT2D eigenvalue weighted by Crippen LogP contribution is 2.22. The maximum atomic E-state index is 8.65. The van der Waals surface area contributed by atoms with Crippen LogP contribution in [0.5, 0.6) is 5.75 Å². The van der Waals surface area contributed by atoms with Crippen LogP contribution in [-0.4, -0.2) is 19.2 Å². The standard InChI is InChI=1S/C14H18N2O/c1-11-10-12(4-7-15)2-3-14(11)17-13-5-8-16-9-6-13/h2-3,10,13,16H,4-6,8-9H2,1H3. The lowest BCUT2D eigenvalue weighted by Gasteiger charge is -2.24. The third-order valence-corrected chi connectivity index (χ3v) is 3.10. The van der Waals surface area contributed by atoms with Gasteiger partial charge in [0.1, 0.15) is 11.9 Å². The molecule has 0 saturated carbocycles. The summed E-state index contributed by atoms with van der Waals surface area (Å²) >= 11 is 0. The first kappa shape index (κ1) is 11.9. The van der Waals surface area contributed by atoms with Gasteiger partial charge in [0.15, 0.2) is 0 Å². The molecule has 0 radical (unpaired) electrons. The number of hydrogen-bond donors (Lipinski definition) is 1. The number of ether oxygens (including phenoxy) is 1. The molecular weight excluding hydrogens is 212 g/mol. The van der Waals surface area contributed by atoms with Crippen molar-refractivity contribution in [3.63, 3.8) is 0 Å². The second-order valence-electron chi connectivity index (χ2n) is 4.50. The monoisotopic (exact) mass is 230 g/mol. The van der Waals surface area contributed by atoms with Gasteiger partial charge in [-0.25, -0.2) is 0 Å². The number of nitriles is 1. The molecule has 1 fully saturated rings. The quantitative estimate of drug-likeness (QED) is 0.865. The molecule has 0 spiro atoms. The zero-order valence-corrected chi connectivity index (χ0v) is 10.2. The van der Waals surface area contributed by atoms with Gasteiger partial charge in [0.25, 0.3) is 0 Å². The first-order chi connectivity index (χ1) is 8.29. The van der Waals surface area contributed by atoms with Crippen molar-refractivity contribution in [1.82, 2.24) is 5.32 Å². The van der Waals surface area contributed by atoms with Gasteiger partial charge in [0.2, 0.25) is 0 Å². The molecule has 1 aliphatic heterocycles. The van der Waals surface area contributed by atoms with Crippen molar-refractivity contribution >= 4 is 0 Å². The molecule has 1 heterocycles. The second-order valence-corrected chi connectivity index (χ2v) is 4.50. The van der Waals surface area contributed by atoms with E-state index in [1.165, 1.54) is 0 Å². The van der Waals surface area contributed by atoms with E-state index in [0.717, 1.165) is 42.8 Å². The third kappa shape index (κ3) is 3.21. The average molecular weight is 230 g/mol. The van der Waals surface area contributed by atoms with Crippen LogP contribution < -0.4 is 10.1 Å². The number of aryl methyl sites for hydroxylation is 1.